The summed E-state index contributed by atoms with van der Waals surface area (Å²) in [4.78, 5) is 58.4. The maximum Gasteiger partial charge on any atom is 0.315 e. The Morgan fingerprint density at radius 1 is 1.00 bits per heavy atom. The maximum atomic E-state index is 14.2. The number of benzene rings is 2. The summed E-state index contributed by atoms with van der Waals surface area (Å²) in [6.07, 6.45) is 11.8. The first-order valence-corrected chi connectivity index (χ1v) is 17.5. The highest BCUT2D eigenvalue weighted by molar-refractivity contribution is 8.00. The van der Waals surface area contributed by atoms with Crippen molar-refractivity contribution in [2.75, 3.05) is 17.6 Å². The Morgan fingerprint density at radius 3 is 2.70 bits per heavy atom. The van der Waals surface area contributed by atoms with E-state index in [1.54, 1.807) is 36.7 Å². The van der Waals surface area contributed by atoms with Gasteiger partial charge in [-0.25, -0.2) is 4.79 Å². The number of pyridine rings is 1. The molecule has 4 heterocycles. The molecule has 4 amide bonds. The number of carbonyl (C=O) groups is 4. The van der Waals surface area contributed by atoms with Crippen LogP contribution in [0.15, 0.2) is 91.3 Å². The van der Waals surface area contributed by atoms with E-state index in [0.29, 0.717) is 42.3 Å². The molecule has 3 N–H and O–H groups in total. The number of nitrogens with zero attached hydrogens (tertiary/aromatic N) is 2. The molecule has 47 heavy (non-hydrogen) atoms. The normalized spacial score (nSPS) is 22.2. The van der Waals surface area contributed by atoms with E-state index in [0.717, 1.165) is 36.1 Å². The Bertz CT molecular complexity index is 1600. The van der Waals surface area contributed by atoms with Crippen molar-refractivity contribution in [1.29, 1.82) is 0 Å². The van der Waals surface area contributed by atoms with E-state index in [2.05, 4.69) is 27.0 Å². The molecular weight excluding hydrogens is 611 g/mol. The highest BCUT2D eigenvalue weighted by Crippen LogP contribution is 2.33. The van der Waals surface area contributed by atoms with Crippen LogP contribution >= 0.6 is 11.8 Å². The van der Waals surface area contributed by atoms with Crippen molar-refractivity contribution in [3.8, 4) is 0 Å². The fourth-order valence-electron chi connectivity index (χ4n) is 6.79. The third-order valence-electron chi connectivity index (χ3n) is 9.21. The summed E-state index contributed by atoms with van der Waals surface area (Å²) in [7, 11) is 0. The second kappa shape index (κ2) is 15.4. The Kier molecular flexibility index (Phi) is 10.7. The van der Waals surface area contributed by atoms with Crippen LogP contribution in [0.3, 0.4) is 0 Å². The molecular formula is C37H41N5O4S. The summed E-state index contributed by atoms with van der Waals surface area (Å²) in [5.74, 6) is 0.0889. The van der Waals surface area contributed by atoms with Crippen molar-refractivity contribution >= 4 is 41.1 Å². The third-order valence-corrected chi connectivity index (χ3v) is 10.7. The minimum atomic E-state index is -0.546. The van der Waals surface area contributed by atoms with Crippen LogP contribution in [0.1, 0.15) is 66.1 Å². The third kappa shape index (κ3) is 8.29. The average Bonchev–Trinajstić information content (AvgIpc) is 3.66. The van der Waals surface area contributed by atoms with Crippen LogP contribution in [0, 0.1) is 5.92 Å². The number of amides is 4. The number of hydrogen-bond donors (Lipinski definition) is 3. The molecule has 2 fully saturated rings. The molecule has 3 aliphatic heterocycles. The first-order chi connectivity index (χ1) is 22.9. The number of Topliss-reactive ketones (excluding diaryl/α,β-unsaturated/α-hetero) is 1. The second-order valence-electron chi connectivity index (χ2n) is 12.5. The first kappa shape index (κ1) is 32.5. The lowest BCUT2D eigenvalue weighted by Crippen LogP contribution is -2.42. The van der Waals surface area contributed by atoms with Crippen molar-refractivity contribution in [3.63, 3.8) is 0 Å². The number of thioether (sulfide) groups is 1. The monoisotopic (exact) mass is 651 g/mol. The molecule has 6 rings (SSSR count). The Morgan fingerprint density at radius 2 is 1.87 bits per heavy atom. The number of anilines is 1. The van der Waals surface area contributed by atoms with Gasteiger partial charge in [-0.3, -0.25) is 19.4 Å². The van der Waals surface area contributed by atoms with Crippen molar-refractivity contribution < 1.29 is 19.2 Å². The van der Waals surface area contributed by atoms with Crippen LogP contribution in [0.5, 0.6) is 0 Å². The fraction of sp³-hybridized carbons (Fsp3) is 0.378. The van der Waals surface area contributed by atoms with E-state index < -0.39 is 5.92 Å². The molecule has 1 aromatic heterocycles. The Balaban J connectivity index is 1.07. The molecule has 0 saturated carbocycles. The minimum absolute atomic E-state index is 0.0528. The minimum Gasteiger partial charge on any atom is -0.332 e. The van der Waals surface area contributed by atoms with E-state index >= 15 is 0 Å². The van der Waals surface area contributed by atoms with Gasteiger partial charge < -0.3 is 20.9 Å². The number of ketones is 1. The van der Waals surface area contributed by atoms with Gasteiger partial charge in [-0.2, -0.15) is 11.8 Å². The zero-order chi connectivity index (χ0) is 32.6. The zero-order valence-corrected chi connectivity index (χ0v) is 27.2. The standard InChI is InChI=1S/C37H41N5O4S/c43-32(26-12-8-14-29(21-26)39-34(44)17-5-4-16-33-35-30(24-47-33)40-37(46)41-35)22-28(20-25-10-2-1-3-11-25)36(45)42-19-7-6-15-31(42)27-13-9-18-38-23-27/h1-3,6-14,18,21,23,28,30-31,33,35H,4-5,15-17,19-20,22,24H2,(H,39,44)(H2,40,41,46)/t28-,30+,31?,33+,35+/m1/s1. The van der Waals surface area contributed by atoms with Crippen LogP contribution < -0.4 is 16.0 Å². The van der Waals surface area contributed by atoms with Crippen LogP contribution in [0.25, 0.3) is 0 Å². The summed E-state index contributed by atoms with van der Waals surface area (Å²) in [5, 5.41) is 9.29. The highest BCUT2D eigenvalue weighted by atomic mass is 32.2. The number of unbranched alkanes of at least 4 members (excludes halogenated alkanes) is 1. The molecule has 2 aromatic carbocycles. The molecule has 10 heteroatoms. The molecule has 9 nitrogen and oxygen atoms in total. The molecule has 244 valence electrons. The van der Waals surface area contributed by atoms with E-state index in [-0.39, 0.29) is 48.2 Å². The lowest BCUT2D eigenvalue weighted by molar-refractivity contribution is -0.137. The van der Waals surface area contributed by atoms with Gasteiger partial charge in [-0.1, -0.05) is 67.1 Å². The van der Waals surface area contributed by atoms with Gasteiger partial charge in [-0.05, 0) is 55.0 Å². The smallest absolute Gasteiger partial charge is 0.315 e. The number of carbonyl (C=O) groups excluding carboxylic acids is 4. The van der Waals surface area contributed by atoms with Gasteiger partial charge in [0.2, 0.25) is 11.8 Å². The highest BCUT2D eigenvalue weighted by Gasteiger charge is 2.42. The summed E-state index contributed by atoms with van der Waals surface area (Å²) < 4.78 is 0. The molecule has 0 radical (unpaired) electrons. The predicted molar refractivity (Wildman–Crippen MR) is 184 cm³/mol. The Hall–Kier alpha value is -4.44. The lowest BCUT2D eigenvalue weighted by Gasteiger charge is -2.35. The lowest BCUT2D eigenvalue weighted by atomic mass is 9.89. The largest absolute Gasteiger partial charge is 0.332 e. The van der Waals surface area contributed by atoms with E-state index in [9.17, 15) is 19.2 Å². The Labute approximate surface area is 280 Å². The molecule has 3 aliphatic rings. The van der Waals surface area contributed by atoms with Crippen molar-refractivity contribution in [3.05, 3.63) is 108 Å². The summed E-state index contributed by atoms with van der Waals surface area (Å²) >= 11 is 1.88. The second-order valence-corrected chi connectivity index (χ2v) is 13.8. The van der Waals surface area contributed by atoms with Gasteiger partial charge >= 0.3 is 6.03 Å². The number of rotatable bonds is 13. The molecule has 5 atom stereocenters. The molecule has 3 aromatic rings. The number of fused-ring (bicyclic) bond motifs is 1. The van der Waals surface area contributed by atoms with Crippen LogP contribution in [-0.4, -0.2) is 63.1 Å². The van der Waals surface area contributed by atoms with Crippen molar-refractivity contribution in [2.45, 2.75) is 68.3 Å². The number of hydrogen-bond acceptors (Lipinski definition) is 6. The van der Waals surface area contributed by atoms with Gasteiger partial charge in [0.1, 0.15) is 0 Å². The molecule has 0 bridgehead atoms. The topological polar surface area (TPSA) is 120 Å². The quantitative estimate of drug-likeness (QED) is 0.0943. The molecule has 2 saturated heterocycles. The SMILES string of the molecule is O=C(CCCC[C@@H]1SC[C@@H]2NC(=O)N[C@@H]21)Nc1cccc(C(=O)C[C@@H](Cc2ccccc2)C(=O)N2CC=CCC2c2cccnc2)c1. The molecule has 0 aliphatic carbocycles. The van der Waals surface area contributed by atoms with Gasteiger partial charge in [0, 0.05) is 60.0 Å². The maximum absolute atomic E-state index is 14.2. The fourth-order valence-corrected chi connectivity index (χ4v) is 8.33. The first-order valence-electron chi connectivity index (χ1n) is 16.5. The van der Waals surface area contributed by atoms with Crippen LogP contribution in [0.4, 0.5) is 10.5 Å². The number of aromatic nitrogens is 1. The van der Waals surface area contributed by atoms with E-state index in [1.807, 2.05) is 65.2 Å². The van der Waals surface area contributed by atoms with E-state index in [4.69, 9.17) is 0 Å². The average molecular weight is 652 g/mol. The van der Waals surface area contributed by atoms with Crippen molar-refractivity contribution in [2.24, 2.45) is 5.92 Å². The predicted octanol–water partition coefficient (Wildman–Crippen LogP) is 5.71. The number of nitrogens with one attached hydrogen (secondary N) is 3. The van der Waals surface area contributed by atoms with E-state index in [1.165, 1.54) is 0 Å². The zero-order valence-electron chi connectivity index (χ0n) is 26.3. The van der Waals surface area contributed by atoms with Gasteiger partial charge in [0.15, 0.2) is 5.78 Å². The van der Waals surface area contributed by atoms with Crippen LogP contribution in [0.2, 0.25) is 0 Å². The van der Waals surface area contributed by atoms with Gasteiger partial charge in [-0.15, -0.1) is 0 Å². The van der Waals surface area contributed by atoms with Gasteiger partial charge in [0.25, 0.3) is 0 Å². The molecule has 1 unspecified atom stereocenters. The van der Waals surface area contributed by atoms with Crippen LogP contribution in [-0.2, 0) is 16.0 Å². The molecule has 0 spiro atoms. The summed E-state index contributed by atoms with van der Waals surface area (Å²) in [6.45, 7) is 0.480. The van der Waals surface area contributed by atoms with Gasteiger partial charge in [0.05, 0.1) is 18.1 Å². The summed E-state index contributed by atoms with van der Waals surface area (Å²) in [6, 6.07) is 20.8. The summed E-state index contributed by atoms with van der Waals surface area (Å²) in [5.41, 5.74) is 3.01. The number of urea groups is 1. The van der Waals surface area contributed by atoms with Crippen molar-refractivity contribution in [1.82, 2.24) is 20.5 Å².